The van der Waals surface area contributed by atoms with Gasteiger partial charge in [0.2, 0.25) is 0 Å². The largest absolute Gasteiger partial charge is 0.445 e. The smallest absolute Gasteiger partial charge is 0.276 e. The molecule has 1 unspecified atom stereocenters. The van der Waals surface area contributed by atoms with Gasteiger partial charge in [0.05, 0.1) is 0 Å². The maximum atomic E-state index is 12.6. The van der Waals surface area contributed by atoms with Gasteiger partial charge in [-0.25, -0.2) is 4.98 Å². The fourth-order valence-electron chi connectivity index (χ4n) is 4.18. The highest BCUT2D eigenvalue weighted by Crippen LogP contribution is 2.30. The lowest BCUT2D eigenvalue weighted by Gasteiger charge is -2.32. The quantitative estimate of drug-likeness (QED) is 0.824. The van der Waals surface area contributed by atoms with E-state index < -0.39 is 0 Å². The average Bonchev–Trinajstić information content (AvgIpc) is 3.42. The first-order valence-electron chi connectivity index (χ1n) is 9.80. The highest BCUT2D eigenvalue weighted by Gasteiger charge is 2.33. The zero-order valence-corrected chi connectivity index (χ0v) is 15.4. The van der Waals surface area contributed by atoms with E-state index in [1.807, 2.05) is 16.7 Å². The Hall–Kier alpha value is -1.89. The third-order valence-corrected chi connectivity index (χ3v) is 5.77. The maximum Gasteiger partial charge on any atom is 0.276 e. The molecule has 0 aliphatic carbocycles. The standard InChI is InChI=1S/C19H27N3O4/c1-13-16(19(24)21-8-2-3-9-21)20-17(26-13)14-6-10-22(11-7-14)18(23)15-5-4-12-25-15/h14-15H,2-12H2,1H3. The molecule has 1 aromatic rings. The summed E-state index contributed by atoms with van der Waals surface area (Å²) in [5.41, 5.74) is 0.458. The van der Waals surface area contributed by atoms with Crippen LogP contribution >= 0.6 is 0 Å². The van der Waals surface area contributed by atoms with E-state index in [9.17, 15) is 9.59 Å². The van der Waals surface area contributed by atoms with Crippen molar-refractivity contribution in [3.05, 3.63) is 17.3 Å². The molecule has 3 saturated heterocycles. The van der Waals surface area contributed by atoms with Crippen LogP contribution in [0.25, 0.3) is 0 Å². The Morgan fingerprint density at radius 2 is 1.73 bits per heavy atom. The minimum absolute atomic E-state index is 0.0130. The number of carbonyl (C=O) groups is 2. The van der Waals surface area contributed by atoms with E-state index in [1.165, 1.54) is 0 Å². The molecule has 3 aliphatic rings. The Balaban J connectivity index is 1.38. The molecular formula is C19H27N3O4. The van der Waals surface area contributed by atoms with Gasteiger partial charge in [0.15, 0.2) is 11.6 Å². The van der Waals surface area contributed by atoms with Gasteiger partial charge in [-0.05, 0) is 45.4 Å². The fraction of sp³-hybridized carbons (Fsp3) is 0.737. The molecule has 1 aromatic heterocycles. The Morgan fingerprint density at radius 1 is 1.00 bits per heavy atom. The van der Waals surface area contributed by atoms with E-state index in [2.05, 4.69) is 4.98 Å². The molecule has 0 spiro atoms. The summed E-state index contributed by atoms with van der Waals surface area (Å²) < 4.78 is 11.4. The predicted octanol–water partition coefficient (Wildman–Crippen LogP) is 2.10. The molecule has 3 aliphatic heterocycles. The third-order valence-electron chi connectivity index (χ3n) is 5.77. The molecule has 7 heteroatoms. The van der Waals surface area contributed by atoms with E-state index in [-0.39, 0.29) is 23.8 Å². The highest BCUT2D eigenvalue weighted by molar-refractivity contribution is 5.93. The number of piperidine rings is 1. The summed E-state index contributed by atoms with van der Waals surface area (Å²) in [6.07, 6.45) is 5.31. The highest BCUT2D eigenvalue weighted by atomic mass is 16.5. The molecule has 0 radical (unpaired) electrons. The number of hydrogen-bond donors (Lipinski definition) is 0. The Bertz CT molecular complexity index is 666. The number of aromatic nitrogens is 1. The van der Waals surface area contributed by atoms with Gasteiger partial charge in [-0.1, -0.05) is 0 Å². The summed E-state index contributed by atoms with van der Waals surface area (Å²) in [5.74, 6) is 1.53. The summed E-state index contributed by atoms with van der Waals surface area (Å²) in [5, 5.41) is 0. The van der Waals surface area contributed by atoms with Crippen LogP contribution < -0.4 is 0 Å². The van der Waals surface area contributed by atoms with Crippen molar-refractivity contribution in [2.24, 2.45) is 0 Å². The number of aryl methyl sites for hydroxylation is 1. The maximum absolute atomic E-state index is 12.6. The normalized spacial score (nSPS) is 24.4. The molecule has 0 N–H and O–H groups in total. The molecule has 4 heterocycles. The van der Waals surface area contributed by atoms with Gasteiger partial charge in [-0.2, -0.15) is 0 Å². The Kier molecular flexibility index (Phi) is 4.98. The Labute approximate surface area is 153 Å². The second-order valence-corrected chi connectivity index (χ2v) is 7.56. The van der Waals surface area contributed by atoms with Crippen LogP contribution in [-0.4, -0.2) is 65.5 Å². The molecule has 3 fully saturated rings. The lowest BCUT2D eigenvalue weighted by Crippen LogP contribution is -2.43. The second kappa shape index (κ2) is 7.39. The zero-order chi connectivity index (χ0) is 18.1. The summed E-state index contributed by atoms with van der Waals surface area (Å²) in [6, 6.07) is 0. The molecule has 0 bridgehead atoms. The van der Waals surface area contributed by atoms with E-state index in [0.29, 0.717) is 37.0 Å². The number of likely N-dealkylation sites (tertiary alicyclic amines) is 2. The molecule has 142 valence electrons. The molecule has 4 rings (SSSR count). The van der Waals surface area contributed by atoms with Gasteiger partial charge < -0.3 is 19.0 Å². The van der Waals surface area contributed by atoms with Crippen molar-refractivity contribution in [1.29, 1.82) is 0 Å². The van der Waals surface area contributed by atoms with E-state index in [0.717, 1.165) is 51.6 Å². The molecule has 7 nitrogen and oxygen atoms in total. The van der Waals surface area contributed by atoms with Crippen LogP contribution in [0.4, 0.5) is 0 Å². The van der Waals surface area contributed by atoms with Crippen molar-refractivity contribution in [2.45, 2.75) is 57.5 Å². The van der Waals surface area contributed by atoms with Crippen molar-refractivity contribution >= 4 is 11.8 Å². The van der Waals surface area contributed by atoms with Gasteiger partial charge >= 0.3 is 0 Å². The van der Waals surface area contributed by atoms with Crippen molar-refractivity contribution in [3.63, 3.8) is 0 Å². The minimum Gasteiger partial charge on any atom is -0.445 e. The summed E-state index contributed by atoms with van der Waals surface area (Å²) in [6.45, 7) is 5.51. The van der Waals surface area contributed by atoms with Gasteiger partial charge in [0.1, 0.15) is 11.9 Å². The molecule has 0 aromatic carbocycles. The lowest BCUT2D eigenvalue weighted by atomic mass is 9.96. The number of nitrogens with zero attached hydrogens (tertiary/aromatic N) is 3. The van der Waals surface area contributed by atoms with Crippen molar-refractivity contribution < 1.29 is 18.7 Å². The first-order chi connectivity index (χ1) is 12.6. The van der Waals surface area contributed by atoms with Crippen LogP contribution in [-0.2, 0) is 9.53 Å². The van der Waals surface area contributed by atoms with E-state index in [1.54, 1.807) is 0 Å². The monoisotopic (exact) mass is 361 g/mol. The molecule has 26 heavy (non-hydrogen) atoms. The predicted molar refractivity (Wildman–Crippen MR) is 93.9 cm³/mol. The van der Waals surface area contributed by atoms with Crippen molar-refractivity contribution in [1.82, 2.24) is 14.8 Å². The molecule has 2 amide bonds. The minimum atomic E-state index is -0.250. The third kappa shape index (κ3) is 3.37. The van der Waals surface area contributed by atoms with Crippen molar-refractivity contribution in [3.8, 4) is 0 Å². The number of oxazole rings is 1. The van der Waals surface area contributed by atoms with Crippen LogP contribution in [0, 0.1) is 6.92 Å². The first kappa shape index (κ1) is 17.5. The van der Waals surface area contributed by atoms with E-state index >= 15 is 0 Å². The summed E-state index contributed by atoms with van der Waals surface area (Å²) in [7, 11) is 0. The number of carbonyl (C=O) groups excluding carboxylic acids is 2. The van der Waals surface area contributed by atoms with Crippen LogP contribution in [0.5, 0.6) is 0 Å². The van der Waals surface area contributed by atoms with Gasteiger partial charge in [0, 0.05) is 38.7 Å². The van der Waals surface area contributed by atoms with Crippen molar-refractivity contribution in [2.75, 3.05) is 32.8 Å². The summed E-state index contributed by atoms with van der Waals surface area (Å²) >= 11 is 0. The lowest BCUT2D eigenvalue weighted by molar-refractivity contribution is -0.142. The molecular weight excluding hydrogens is 334 g/mol. The number of amides is 2. The Morgan fingerprint density at radius 3 is 2.38 bits per heavy atom. The van der Waals surface area contributed by atoms with Crippen LogP contribution in [0.2, 0.25) is 0 Å². The van der Waals surface area contributed by atoms with Crippen LogP contribution in [0.3, 0.4) is 0 Å². The van der Waals surface area contributed by atoms with Gasteiger partial charge in [0.25, 0.3) is 11.8 Å². The van der Waals surface area contributed by atoms with Gasteiger partial charge in [-0.15, -0.1) is 0 Å². The van der Waals surface area contributed by atoms with Crippen LogP contribution in [0.15, 0.2) is 4.42 Å². The van der Waals surface area contributed by atoms with E-state index in [4.69, 9.17) is 9.15 Å². The fourth-order valence-corrected chi connectivity index (χ4v) is 4.18. The number of hydrogen-bond acceptors (Lipinski definition) is 5. The molecule has 1 atom stereocenters. The SMILES string of the molecule is Cc1oc(C2CCN(C(=O)C3CCCO3)CC2)nc1C(=O)N1CCCC1. The second-order valence-electron chi connectivity index (χ2n) is 7.56. The number of ether oxygens (including phenoxy) is 1. The topological polar surface area (TPSA) is 75.9 Å². The summed E-state index contributed by atoms with van der Waals surface area (Å²) in [4.78, 5) is 33.3. The van der Waals surface area contributed by atoms with Gasteiger partial charge in [-0.3, -0.25) is 9.59 Å². The average molecular weight is 361 g/mol. The van der Waals surface area contributed by atoms with Crippen LogP contribution in [0.1, 0.15) is 66.6 Å². The molecule has 0 saturated carbocycles. The zero-order valence-electron chi connectivity index (χ0n) is 15.4. The number of rotatable bonds is 3. The first-order valence-corrected chi connectivity index (χ1v) is 9.80.